The molecule has 0 bridgehead atoms. The standard InChI is InChI=1S/C12H14N4O3/c1-8(17)19-16-7-6-15(12(16)18)10-4-2-9(3-5-10)11(13)14/h2-5H,6-7H2,1H3,(H3,13,14). The van der Waals surface area contributed by atoms with Gasteiger partial charge in [-0.15, -0.1) is 0 Å². The van der Waals surface area contributed by atoms with Gasteiger partial charge in [0.05, 0.1) is 6.54 Å². The van der Waals surface area contributed by atoms with E-state index in [2.05, 4.69) is 0 Å². The minimum Gasteiger partial charge on any atom is -0.384 e. The van der Waals surface area contributed by atoms with Gasteiger partial charge in [0.2, 0.25) is 0 Å². The van der Waals surface area contributed by atoms with Crippen LogP contribution >= 0.6 is 0 Å². The first-order valence-electron chi connectivity index (χ1n) is 5.71. The van der Waals surface area contributed by atoms with Crippen molar-refractivity contribution in [1.29, 1.82) is 5.41 Å². The minimum absolute atomic E-state index is 0.0270. The number of nitrogens with zero attached hydrogens (tertiary/aromatic N) is 2. The highest BCUT2D eigenvalue weighted by molar-refractivity contribution is 5.97. The number of benzene rings is 1. The molecule has 1 fully saturated rings. The lowest BCUT2D eigenvalue weighted by Crippen LogP contribution is -2.33. The molecule has 0 aromatic heterocycles. The van der Waals surface area contributed by atoms with Crippen molar-refractivity contribution in [1.82, 2.24) is 5.06 Å². The van der Waals surface area contributed by atoms with Crippen LogP contribution in [0.1, 0.15) is 12.5 Å². The molecule has 0 saturated carbocycles. The highest BCUT2D eigenvalue weighted by Crippen LogP contribution is 2.21. The van der Waals surface area contributed by atoms with Gasteiger partial charge in [0.15, 0.2) is 0 Å². The van der Waals surface area contributed by atoms with Gasteiger partial charge in [-0.05, 0) is 24.3 Å². The molecule has 0 atom stereocenters. The first-order chi connectivity index (χ1) is 8.99. The van der Waals surface area contributed by atoms with Gasteiger partial charge in [-0.3, -0.25) is 15.1 Å². The molecular formula is C12H14N4O3. The summed E-state index contributed by atoms with van der Waals surface area (Å²) in [5.74, 6) is -0.553. The zero-order valence-corrected chi connectivity index (χ0v) is 10.4. The summed E-state index contributed by atoms with van der Waals surface area (Å²) >= 11 is 0. The Hall–Kier alpha value is -2.57. The van der Waals surface area contributed by atoms with Crippen LogP contribution in [0.5, 0.6) is 0 Å². The zero-order valence-electron chi connectivity index (χ0n) is 10.4. The smallest absolute Gasteiger partial charge is 0.357 e. The molecular weight excluding hydrogens is 248 g/mol. The number of amidine groups is 1. The number of rotatable bonds is 3. The SMILES string of the molecule is CC(=O)ON1CCN(c2ccc(C(=N)N)cc2)C1=O. The molecule has 3 N–H and O–H groups in total. The van der Waals surface area contributed by atoms with Crippen molar-refractivity contribution < 1.29 is 14.4 Å². The molecule has 2 rings (SSSR count). The summed E-state index contributed by atoms with van der Waals surface area (Å²) < 4.78 is 0. The number of carbonyl (C=O) groups excluding carboxylic acids is 2. The van der Waals surface area contributed by atoms with E-state index in [1.165, 1.54) is 11.8 Å². The Morgan fingerprint density at radius 1 is 1.32 bits per heavy atom. The Kier molecular flexibility index (Phi) is 3.37. The molecule has 0 spiro atoms. The fourth-order valence-corrected chi connectivity index (χ4v) is 1.82. The topological polar surface area (TPSA) is 99.7 Å². The van der Waals surface area contributed by atoms with Crippen LogP contribution in [0.2, 0.25) is 0 Å². The Morgan fingerprint density at radius 2 is 1.95 bits per heavy atom. The third-order valence-corrected chi connectivity index (χ3v) is 2.70. The Labute approximate surface area is 110 Å². The van der Waals surface area contributed by atoms with E-state index in [-0.39, 0.29) is 11.9 Å². The van der Waals surface area contributed by atoms with E-state index in [0.29, 0.717) is 24.3 Å². The summed E-state index contributed by atoms with van der Waals surface area (Å²) in [6.45, 7) is 2.01. The first-order valence-corrected chi connectivity index (χ1v) is 5.71. The molecule has 1 aliphatic rings. The Bertz CT molecular complexity index is 526. The molecule has 100 valence electrons. The van der Waals surface area contributed by atoms with Crippen molar-refractivity contribution in [2.75, 3.05) is 18.0 Å². The number of hydrogen-bond donors (Lipinski definition) is 2. The fourth-order valence-electron chi connectivity index (χ4n) is 1.82. The second kappa shape index (κ2) is 4.97. The molecule has 7 nitrogen and oxygen atoms in total. The number of nitrogen functional groups attached to an aromatic ring is 1. The van der Waals surface area contributed by atoms with Crippen molar-refractivity contribution in [3.8, 4) is 0 Å². The average Bonchev–Trinajstić information content (AvgIpc) is 2.70. The quantitative estimate of drug-likeness (QED) is 0.618. The maximum absolute atomic E-state index is 12.0. The van der Waals surface area contributed by atoms with Crippen molar-refractivity contribution in [3.63, 3.8) is 0 Å². The summed E-state index contributed by atoms with van der Waals surface area (Å²) in [4.78, 5) is 29.1. The number of nitrogens with two attached hydrogens (primary N) is 1. The summed E-state index contributed by atoms with van der Waals surface area (Å²) in [6, 6.07) is 6.35. The van der Waals surface area contributed by atoms with Gasteiger partial charge in [0, 0.05) is 24.7 Å². The summed E-state index contributed by atoms with van der Waals surface area (Å²) in [5, 5.41) is 8.32. The number of urea groups is 1. The van der Waals surface area contributed by atoms with Crippen LogP contribution in [-0.4, -0.2) is 36.0 Å². The third-order valence-electron chi connectivity index (χ3n) is 2.70. The van der Waals surface area contributed by atoms with Crippen LogP contribution < -0.4 is 10.6 Å². The van der Waals surface area contributed by atoms with Crippen LogP contribution in [0.15, 0.2) is 24.3 Å². The van der Waals surface area contributed by atoms with E-state index in [4.69, 9.17) is 16.0 Å². The van der Waals surface area contributed by atoms with Gasteiger partial charge >= 0.3 is 12.0 Å². The second-order valence-electron chi connectivity index (χ2n) is 4.08. The van der Waals surface area contributed by atoms with E-state index in [1.807, 2.05) is 0 Å². The maximum Gasteiger partial charge on any atom is 0.357 e. The highest BCUT2D eigenvalue weighted by Gasteiger charge is 2.31. The molecule has 2 amide bonds. The zero-order chi connectivity index (χ0) is 14.0. The largest absolute Gasteiger partial charge is 0.384 e. The molecule has 1 saturated heterocycles. The van der Waals surface area contributed by atoms with Crippen molar-refractivity contribution in [2.45, 2.75) is 6.92 Å². The number of amides is 2. The van der Waals surface area contributed by atoms with Gasteiger partial charge in [0.25, 0.3) is 0 Å². The Morgan fingerprint density at radius 3 is 2.47 bits per heavy atom. The van der Waals surface area contributed by atoms with Crippen LogP contribution in [0.3, 0.4) is 0 Å². The monoisotopic (exact) mass is 262 g/mol. The van der Waals surface area contributed by atoms with Gasteiger partial charge in [0.1, 0.15) is 5.84 Å². The third kappa shape index (κ3) is 2.65. The van der Waals surface area contributed by atoms with Crippen LogP contribution in [0, 0.1) is 5.41 Å². The van der Waals surface area contributed by atoms with E-state index < -0.39 is 5.97 Å². The molecule has 0 radical (unpaired) electrons. The predicted octanol–water partition coefficient (Wildman–Crippen LogP) is 0.691. The number of hydroxylamine groups is 2. The molecule has 19 heavy (non-hydrogen) atoms. The highest BCUT2D eigenvalue weighted by atomic mass is 16.7. The van der Waals surface area contributed by atoms with Crippen molar-refractivity contribution >= 4 is 23.5 Å². The normalized spacial score (nSPS) is 14.7. The molecule has 0 aliphatic carbocycles. The predicted molar refractivity (Wildman–Crippen MR) is 68.7 cm³/mol. The van der Waals surface area contributed by atoms with Crippen LogP contribution in [0.4, 0.5) is 10.5 Å². The van der Waals surface area contributed by atoms with Gasteiger partial charge in [-0.2, -0.15) is 5.06 Å². The lowest BCUT2D eigenvalue weighted by molar-refractivity contribution is -0.170. The number of hydrogen-bond acceptors (Lipinski definition) is 4. The molecule has 1 aromatic rings. The van der Waals surface area contributed by atoms with E-state index >= 15 is 0 Å². The van der Waals surface area contributed by atoms with Crippen molar-refractivity contribution in [3.05, 3.63) is 29.8 Å². The van der Waals surface area contributed by atoms with E-state index in [9.17, 15) is 9.59 Å². The van der Waals surface area contributed by atoms with Gasteiger partial charge < -0.3 is 10.6 Å². The molecule has 1 aromatic carbocycles. The van der Waals surface area contributed by atoms with Gasteiger partial charge in [-0.25, -0.2) is 4.79 Å². The number of anilines is 1. The number of nitrogens with one attached hydrogen (secondary N) is 1. The lowest BCUT2D eigenvalue weighted by atomic mass is 10.2. The molecule has 1 aliphatic heterocycles. The van der Waals surface area contributed by atoms with Crippen molar-refractivity contribution in [2.24, 2.45) is 5.73 Å². The molecule has 0 unspecified atom stereocenters. The molecule has 7 heteroatoms. The summed E-state index contributed by atoms with van der Waals surface area (Å²) in [5.41, 5.74) is 6.62. The fraction of sp³-hybridized carbons (Fsp3) is 0.250. The van der Waals surface area contributed by atoms with Crippen LogP contribution in [0.25, 0.3) is 0 Å². The van der Waals surface area contributed by atoms with Crippen LogP contribution in [-0.2, 0) is 9.63 Å². The molecule has 1 heterocycles. The summed E-state index contributed by atoms with van der Waals surface area (Å²) in [7, 11) is 0. The maximum atomic E-state index is 12.0. The summed E-state index contributed by atoms with van der Waals surface area (Å²) in [6.07, 6.45) is 0. The first kappa shape index (κ1) is 12.9. The lowest BCUT2D eigenvalue weighted by Gasteiger charge is -2.17. The van der Waals surface area contributed by atoms with E-state index in [0.717, 1.165) is 5.06 Å². The van der Waals surface area contributed by atoms with Gasteiger partial charge in [-0.1, -0.05) is 0 Å². The van der Waals surface area contributed by atoms with E-state index in [1.54, 1.807) is 24.3 Å². The minimum atomic E-state index is -0.526. The Balaban J connectivity index is 2.13. The second-order valence-corrected chi connectivity index (χ2v) is 4.08. The number of carbonyl (C=O) groups is 2. The average molecular weight is 262 g/mol.